The number of piperidine rings is 1. The van der Waals surface area contributed by atoms with Crippen LogP contribution >= 0.6 is 0 Å². The summed E-state index contributed by atoms with van der Waals surface area (Å²) in [6.45, 7) is 5.10. The fourth-order valence-electron chi connectivity index (χ4n) is 5.52. The molecule has 34 heavy (non-hydrogen) atoms. The first-order valence-corrected chi connectivity index (χ1v) is 11.5. The van der Waals surface area contributed by atoms with E-state index < -0.39 is 11.7 Å². The quantitative estimate of drug-likeness (QED) is 0.620. The predicted octanol–water partition coefficient (Wildman–Crippen LogP) is 3.87. The van der Waals surface area contributed by atoms with Gasteiger partial charge in [0.1, 0.15) is 12.1 Å². The lowest BCUT2D eigenvalue weighted by Gasteiger charge is -2.38. The number of alkyl halides is 3. The van der Waals surface area contributed by atoms with Gasteiger partial charge in [0.05, 0.1) is 12.1 Å². The normalized spacial score (nSPS) is 23.9. The molecule has 4 heterocycles. The fraction of sp³-hybridized carbons (Fsp3) is 0.478. The number of halogens is 3. The number of fused-ring (bicyclic) bond motifs is 3. The molecule has 11 heteroatoms. The van der Waals surface area contributed by atoms with E-state index >= 15 is 0 Å². The van der Waals surface area contributed by atoms with E-state index in [1.807, 2.05) is 22.6 Å². The zero-order chi connectivity index (χ0) is 23.4. The van der Waals surface area contributed by atoms with E-state index in [9.17, 15) is 13.2 Å². The smallest absolute Gasteiger partial charge is 0.356 e. The molecule has 0 amide bonds. The van der Waals surface area contributed by atoms with Crippen LogP contribution in [-0.2, 0) is 12.7 Å². The highest BCUT2D eigenvalue weighted by atomic mass is 19.4. The van der Waals surface area contributed by atoms with Crippen LogP contribution < -0.4 is 15.1 Å². The maximum absolute atomic E-state index is 12.9. The summed E-state index contributed by atoms with van der Waals surface area (Å²) in [7, 11) is 0. The number of aromatic nitrogens is 5. The van der Waals surface area contributed by atoms with Crippen molar-refractivity contribution in [2.75, 3.05) is 34.8 Å². The minimum atomic E-state index is -4.35. The Morgan fingerprint density at radius 1 is 1.00 bits per heavy atom. The first-order valence-electron chi connectivity index (χ1n) is 11.5. The summed E-state index contributed by atoms with van der Waals surface area (Å²) in [5.74, 6) is 3.16. The Morgan fingerprint density at radius 3 is 2.41 bits per heavy atom. The molecule has 1 aliphatic carbocycles. The lowest BCUT2D eigenvalue weighted by molar-refractivity contribution is -0.137. The van der Waals surface area contributed by atoms with Gasteiger partial charge >= 0.3 is 6.18 Å². The van der Waals surface area contributed by atoms with Crippen molar-refractivity contribution in [1.82, 2.24) is 24.7 Å². The van der Waals surface area contributed by atoms with E-state index in [-0.39, 0.29) is 0 Å². The van der Waals surface area contributed by atoms with Crippen LogP contribution in [0, 0.1) is 18.8 Å². The molecule has 1 aromatic carbocycles. The standard InChI is InChI=1S/C23H25F3N8/c1-14-10-19(28-13-27-14)32-11-15-2-3-16(12-32)20(15)29-21-30-22-33(8-9-34(22)31-21)18-6-4-17(5-7-18)23(24,25)26/h4-7,10,13,15-16,20H,2-3,8-9,11-12H2,1H3,(H,29,31)/t15-,16?,20-/m0/s1. The minimum absolute atomic E-state index is 0.293. The molecule has 1 saturated heterocycles. The Morgan fingerprint density at radius 2 is 1.74 bits per heavy atom. The molecule has 1 unspecified atom stereocenters. The van der Waals surface area contributed by atoms with Gasteiger partial charge in [-0.3, -0.25) is 0 Å². The van der Waals surface area contributed by atoms with E-state index in [1.54, 1.807) is 6.33 Å². The van der Waals surface area contributed by atoms with Crippen LogP contribution in [0.4, 0.5) is 36.6 Å². The van der Waals surface area contributed by atoms with Crippen molar-refractivity contribution >= 4 is 23.4 Å². The zero-order valence-corrected chi connectivity index (χ0v) is 18.7. The molecular formula is C23H25F3N8. The fourth-order valence-corrected chi connectivity index (χ4v) is 5.52. The van der Waals surface area contributed by atoms with Crippen LogP contribution in [0.15, 0.2) is 36.7 Å². The first kappa shape index (κ1) is 21.2. The molecule has 3 aromatic rings. The molecule has 2 bridgehead atoms. The van der Waals surface area contributed by atoms with Crippen molar-refractivity contribution in [3.05, 3.63) is 47.9 Å². The monoisotopic (exact) mass is 470 g/mol. The summed E-state index contributed by atoms with van der Waals surface area (Å²) in [5.41, 5.74) is 0.990. The summed E-state index contributed by atoms with van der Waals surface area (Å²) in [4.78, 5) is 17.6. The Balaban J connectivity index is 1.16. The zero-order valence-electron chi connectivity index (χ0n) is 18.7. The average molecular weight is 471 g/mol. The average Bonchev–Trinajstić information content (AvgIpc) is 3.44. The Hall–Kier alpha value is -3.37. The molecule has 2 aliphatic heterocycles. The molecule has 3 aliphatic rings. The maximum Gasteiger partial charge on any atom is 0.416 e. The van der Waals surface area contributed by atoms with E-state index in [0.29, 0.717) is 48.6 Å². The molecule has 0 spiro atoms. The number of aryl methyl sites for hydroxylation is 1. The van der Waals surface area contributed by atoms with Gasteiger partial charge in [-0.05, 0) is 55.9 Å². The van der Waals surface area contributed by atoms with Crippen molar-refractivity contribution < 1.29 is 13.2 Å². The third-order valence-corrected chi connectivity index (χ3v) is 7.18. The van der Waals surface area contributed by atoms with Crippen molar-refractivity contribution in [3.8, 4) is 0 Å². The van der Waals surface area contributed by atoms with Gasteiger partial charge in [0.15, 0.2) is 0 Å². The van der Waals surface area contributed by atoms with Gasteiger partial charge < -0.3 is 15.1 Å². The highest BCUT2D eigenvalue weighted by Crippen LogP contribution is 2.40. The molecule has 6 rings (SSSR count). The first-order chi connectivity index (χ1) is 16.3. The van der Waals surface area contributed by atoms with Crippen molar-refractivity contribution in [1.29, 1.82) is 0 Å². The van der Waals surface area contributed by atoms with Crippen molar-refractivity contribution in [3.63, 3.8) is 0 Å². The molecular weight excluding hydrogens is 445 g/mol. The molecule has 0 radical (unpaired) electrons. The van der Waals surface area contributed by atoms with Gasteiger partial charge in [-0.25, -0.2) is 14.6 Å². The summed E-state index contributed by atoms with van der Waals surface area (Å²) >= 11 is 0. The third-order valence-electron chi connectivity index (χ3n) is 7.18. The van der Waals surface area contributed by atoms with Gasteiger partial charge in [-0.1, -0.05) is 0 Å². The second-order valence-corrected chi connectivity index (χ2v) is 9.35. The molecule has 3 atom stereocenters. The number of anilines is 4. The number of benzene rings is 1. The van der Waals surface area contributed by atoms with Gasteiger partial charge in [0.25, 0.3) is 0 Å². The van der Waals surface area contributed by atoms with E-state index in [0.717, 1.165) is 49.6 Å². The second-order valence-electron chi connectivity index (χ2n) is 9.35. The van der Waals surface area contributed by atoms with E-state index in [1.165, 1.54) is 12.1 Å². The third kappa shape index (κ3) is 3.72. The Labute approximate surface area is 194 Å². The summed E-state index contributed by atoms with van der Waals surface area (Å²) < 4.78 is 40.6. The van der Waals surface area contributed by atoms with Crippen molar-refractivity contribution in [2.45, 2.75) is 38.5 Å². The lowest BCUT2D eigenvalue weighted by Crippen LogP contribution is -2.48. The van der Waals surface area contributed by atoms with Gasteiger partial charge in [0.2, 0.25) is 11.9 Å². The number of rotatable bonds is 4. The topological polar surface area (TPSA) is 75.0 Å². The van der Waals surface area contributed by atoms with Crippen LogP contribution in [0.3, 0.4) is 0 Å². The number of hydrogen-bond acceptors (Lipinski definition) is 7. The summed E-state index contributed by atoms with van der Waals surface area (Å²) in [6.07, 6.45) is -0.431. The highest BCUT2D eigenvalue weighted by Gasteiger charge is 2.43. The lowest BCUT2D eigenvalue weighted by atomic mass is 9.92. The molecule has 8 nitrogen and oxygen atoms in total. The van der Waals surface area contributed by atoms with Gasteiger partial charge in [-0.15, -0.1) is 5.10 Å². The Bertz CT molecular complexity index is 1180. The van der Waals surface area contributed by atoms with Crippen molar-refractivity contribution in [2.24, 2.45) is 11.8 Å². The molecule has 1 saturated carbocycles. The molecule has 2 fully saturated rings. The highest BCUT2D eigenvalue weighted by molar-refractivity contribution is 5.60. The van der Waals surface area contributed by atoms with Crippen LogP contribution in [0.1, 0.15) is 24.1 Å². The van der Waals surface area contributed by atoms with E-state index in [4.69, 9.17) is 4.98 Å². The van der Waals surface area contributed by atoms with Crippen LogP contribution in [0.2, 0.25) is 0 Å². The SMILES string of the molecule is Cc1cc(N2CC3CC[C@@H](C2)[C@@H]3Nc2nc3n(n2)CCN3c2ccc(C(F)(F)F)cc2)ncn1. The Kier molecular flexibility index (Phi) is 4.89. The van der Waals surface area contributed by atoms with Crippen LogP contribution in [0.5, 0.6) is 0 Å². The van der Waals surface area contributed by atoms with Crippen LogP contribution in [0.25, 0.3) is 0 Å². The second kappa shape index (κ2) is 7.85. The number of nitrogens with one attached hydrogen (secondary N) is 1. The summed E-state index contributed by atoms with van der Waals surface area (Å²) in [6, 6.07) is 7.53. The van der Waals surface area contributed by atoms with Gasteiger partial charge in [0, 0.05) is 43.1 Å². The minimum Gasteiger partial charge on any atom is -0.356 e. The summed E-state index contributed by atoms with van der Waals surface area (Å²) in [5, 5.41) is 8.22. The molecule has 178 valence electrons. The van der Waals surface area contributed by atoms with Crippen LogP contribution in [-0.4, -0.2) is 50.4 Å². The maximum atomic E-state index is 12.9. The van der Waals surface area contributed by atoms with E-state index in [2.05, 4.69) is 25.3 Å². The number of nitrogens with zero attached hydrogens (tertiary/aromatic N) is 7. The molecule has 1 N–H and O–H groups in total. The number of hydrogen-bond donors (Lipinski definition) is 1. The van der Waals surface area contributed by atoms with Gasteiger partial charge in [-0.2, -0.15) is 18.2 Å². The molecule has 2 aromatic heterocycles. The predicted molar refractivity (Wildman–Crippen MR) is 121 cm³/mol. The largest absolute Gasteiger partial charge is 0.416 e.